The maximum absolute atomic E-state index is 10.3. The molecule has 0 fully saturated rings. The lowest BCUT2D eigenvalue weighted by molar-refractivity contribution is 0.216. The lowest BCUT2D eigenvalue weighted by Crippen LogP contribution is -1.91. The zero-order valence-corrected chi connectivity index (χ0v) is 18.1. The number of aliphatic hydroxyl groups is 1. The van der Waals surface area contributed by atoms with Gasteiger partial charge < -0.3 is 15.2 Å². The van der Waals surface area contributed by atoms with Gasteiger partial charge in [0.1, 0.15) is 11.6 Å². The molecule has 0 aliphatic heterocycles. The van der Waals surface area contributed by atoms with Crippen molar-refractivity contribution < 1.29 is 10.2 Å². The highest BCUT2D eigenvalue weighted by Crippen LogP contribution is 2.35. The predicted molar refractivity (Wildman–Crippen MR) is 125 cm³/mol. The Morgan fingerprint density at radius 3 is 2.30 bits per heavy atom. The predicted octanol–water partition coefficient (Wildman–Crippen LogP) is 6.55. The van der Waals surface area contributed by atoms with Crippen LogP contribution >= 0.6 is 23.2 Å². The van der Waals surface area contributed by atoms with Gasteiger partial charge in [-0.05, 0) is 49.8 Å². The molecule has 1 heterocycles. The number of H-pyrrole nitrogens is 1. The number of hydrogen-bond donors (Lipinski definition) is 3. The number of imidazole rings is 1. The van der Waals surface area contributed by atoms with E-state index in [0.717, 1.165) is 22.2 Å². The standard InChI is InChI=1S/C21H14Cl2N2O.C3H8O/c22-15-10-14(20(26)17(23)12-15)11-16(13-6-2-1-3-7-13)21-24-18-8-4-5-9-19(18)25-21;1-3(2)4/h1-12,26H,(H,24,25);3-4H,1-2H3/b16-11+;. The summed E-state index contributed by atoms with van der Waals surface area (Å²) in [6.45, 7) is 3.44. The highest BCUT2D eigenvalue weighted by atomic mass is 35.5. The summed E-state index contributed by atoms with van der Waals surface area (Å²) in [4.78, 5) is 8.02. The molecule has 1 aromatic heterocycles. The summed E-state index contributed by atoms with van der Waals surface area (Å²) in [5.74, 6) is 0.688. The summed E-state index contributed by atoms with van der Waals surface area (Å²) in [5.41, 5.74) is 4.13. The first kappa shape index (κ1) is 21.9. The number of hydrogen-bond acceptors (Lipinski definition) is 3. The molecule has 154 valence electrons. The third kappa shape index (κ3) is 5.42. The number of phenolic OH excluding ortho intramolecular Hbond substituents is 1. The van der Waals surface area contributed by atoms with Crippen LogP contribution < -0.4 is 0 Å². The van der Waals surface area contributed by atoms with Gasteiger partial charge in [0.05, 0.1) is 16.1 Å². The molecule has 0 radical (unpaired) electrons. The largest absolute Gasteiger partial charge is 0.506 e. The van der Waals surface area contributed by atoms with Crippen LogP contribution in [0.15, 0.2) is 66.7 Å². The van der Waals surface area contributed by atoms with Gasteiger partial charge in [0.15, 0.2) is 0 Å². The van der Waals surface area contributed by atoms with Gasteiger partial charge in [0.25, 0.3) is 0 Å². The molecule has 4 nitrogen and oxygen atoms in total. The molecule has 0 saturated carbocycles. The molecule has 0 unspecified atom stereocenters. The fourth-order valence-corrected chi connectivity index (χ4v) is 3.35. The quantitative estimate of drug-likeness (QED) is 0.316. The zero-order chi connectivity index (χ0) is 21.7. The lowest BCUT2D eigenvalue weighted by atomic mass is 10.0. The lowest BCUT2D eigenvalue weighted by Gasteiger charge is -2.08. The summed E-state index contributed by atoms with van der Waals surface area (Å²) >= 11 is 12.2. The fraction of sp³-hybridized carbons (Fsp3) is 0.125. The average Bonchev–Trinajstić information content (AvgIpc) is 3.13. The van der Waals surface area contributed by atoms with Gasteiger partial charge in [0, 0.05) is 22.3 Å². The van der Waals surface area contributed by atoms with E-state index in [4.69, 9.17) is 28.3 Å². The minimum Gasteiger partial charge on any atom is -0.506 e. The normalized spacial score (nSPS) is 11.5. The van der Waals surface area contributed by atoms with Crippen molar-refractivity contribution >= 4 is 45.9 Å². The number of aromatic nitrogens is 2. The molecular formula is C24H22Cl2N2O2. The first-order valence-electron chi connectivity index (χ1n) is 9.43. The van der Waals surface area contributed by atoms with Gasteiger partial charge in [-0.15, -0.1) is 0 Å². The van der Waals surface area contributed by atoms with E-state index in [1.807, 2.05) is 60.7 Å². The molecule has 0 aliphatic rings. The number of nitrogens with zero attached hydrogens (tertiary/aromatic N) is 1. The molecule has 0 aliphatic carbocycles. The SMILES string of the molecule is CC(C)O.Oc1c(Cl)cc(Cl)cc1/C=C(\c1ccccc1)c1nc2ccccc2[nH]1. The summed E-state index contributed by atoms with van der Waals surface area (Å²) in [5, 5.41) is 19.1. The second kappa shape index (κ2) is 9.81. The molecular weight excluding hydrogens is 419 g/mol. The van der Waals surface area contributed by atoms with Gasteiger partial charge in [0.2, 0.25) is 0 Å². The van der Waals surface area contributed by atoms with Crippen molar-refractivity contribution in [1.82, 2.24) is 9.97 Å². The number of nitrogens with one attached hydrogen (secondary N) is 1. The van der Waals surface area contributed by atoms with Crippen LogP contribution in [0.1, 0.15) is 30.8 Å². The summed E-state index contributed by atoms with van der Waals surface area (Å²) in [7, 11) is 0. The Morgan fingerprint density at radius 1 is 1.00 bits per heavy atom. The number of phenols is 1. The van der Waals surface area contributed by atoms with Crippen molar-refractivity contribution in [2.45, 2.75) is 20.0 Å². The Labute approximate surface area is 185 Å². The number of halogens is 2. The van der Waals surface area contributed by atoms with Crippen molar-refractivity contribution in [2.24, 2.45) is 0 Å². The molecule has 0 spiro atoms. The Bertz CT molecular complexity index is 1130. The van der Waals surface area contributed by atoms with E-state index in [1.165, 1.54) is 6.07 Å². The molecule has 6 heteroatoms. The van der Waals surface area contributed by atoms with Crippen molar-refractivity contribution in [3.63, 3.8) is 0 Å². The van der Waals surface area contributed by atoms with Gasteiger partial charge >= 0.3 is 0 Å². The van der Waals surface area contributed by atoms with E-state index < -0.39 is 0 Å². The number of benzene rings is 3. The van der Waals surface area contributed by atoms with Crippen LogP contribution in [0, 0.1) is 0 Å². The second-order valence-electron chi connectivity index (χ2n) is 6.95. The summed E-state index contributed by atoms with van der Waals surface area (Å²) in [6, 6.07) is 20.9. The molecule has 3 N–H and O–H groups in total. The highest BCUT2D eigenvalue weighted by Gasteiger charge is 2.13. The number of aromatic hydroxyl groups is 1. The molecule has 30 heavy (non-hydrogen) atoms. The van der Waals surface area contributed by atoms with E-state index >= 15 is 0 Å². The minimum atomic E-state index is -0.167. The maximum atomic E-state index is 10.3. The fourth-order valence-electron chi connectivity index (χ4n) is 2.84. The number of aliphatic hydroxyl groups excluding tert-OH is 1. The first-order chi connectivity index (χ1) is 14.3. The number of para-hydroxylation sites is 2. The van der Waals surface area contributed by atoms with Gasteiger partial charge in [-0.2, -0.15) is 0 Å². The molecule has 0 amide bonds. The first-order valence-corrected chi connectivity index (χ1v) is 10.2. The molecule has 0 bridgehead atoms. The van der Waals surface area contributed by atoms with Crippen LogP contribution in [0.2, 0.25) is 10.0 Å². The number of aromatic amines is 1. The van der Waals surface area contributed by atoms with Crippen molar-refractivity contribution in [3.8, 4) is 5.75 Å². The van der Waals surface area contributed by atoms with E-state index in [9.17, 15) is 5.11 Å². The second-order valence-corrected chi connectivity index (χ2v) is 7.79. The average molecular weight is 441 g/mol. The Balaban J connectivity index is 0.000000589. The Kier molecular flexibility index (Phi) is 7.16. The highest BCUT2D eigenvalue weighted by molar-refractivity contribution is 6.36. The van der Waals surface area contributed by atoms with Crippen LogP contribution in [-0.4, -0.2) is 26.3 Å². The smallest absolute Gasteiger partial charge is 0.141 e. The van der Waals surface area contributed by atoms with Crippen LogP contribution in [0.4, 0.5) is 0 Å². The third-order valence-corrected chi connectivity index (χ3v) is 4.59. The Morgan fingerprint density at radius 2 is 1.63 bits per heavy atom. The van der Waals surface area contributed by atoms with E-state index in [0.29, 0.717) is 16.4 Å². The molecule has 0 atom stereocenters. The van der Waals surface area contributed by atoms with Crippen molar-refractivity contribution in [1.29, 1.82) is 0 Å². The summed E-state index contributed by atoms with van der Waals surface area (Å²) in [6.07, 6.45) is 1.67. The van der Waals surface area contributed by atoms with Crippen molar-refractivity contribution in [3.05, 3.63) is 93.7 Å². The van der Waals surface area contributed by atoms with Gasteiger partial charge in [-0.3, -0.25) is 0 Å². The maximum Gasteiger partial charge on any atom is 0.141 e. The van der Waals surface area contributed by atoms with Crippen LogP contribution in [0.5, 0.6) is 5.75 Å². The van der Waals surface area contributed by atoms with Crippen LogP contribution in [-0.2, 0) is 0 Å². The summed E-state index contributed by atoms with van der Waals surface area (Å²) < 4.78 is 0. The molecule has 4 aromatic rings. The van der Waals surface area contributed by atoms with Gasteiger partial charge in [-0.25, -0.2) is 4.98 Å². The minimum absolute atomic E-state index is 0.0133. The Hall–Kier alpha value is -2.79. The van der Waals surface area contributed by atoms with Crippen LogP contribution in [0.25, 0.3) is 22.7 Å². The number of fused-ring (bicyclic) bond motifs is 1. The van der Waals surface area contributed by atoms with Crippen molar-refractivity contribution in [2.75, 3.05) is 0 Å². The van der Waals surface area contributed by atoms with E-state index in [1.54, 1.807) is 19.9 Å². The third-order valence-electron chi connectivity index (χ3n) is 4.09. The zero-order valence-electron chi connectivity index (χ0n) is 16.6. The van der Waals surface area contributed by atoms with Crippen LogP contribution in [0.3, 0.4) is 0 Å². The van der Waals surface area contributed by atoms with E-state index in [-0.39, 0.29) is 16.9 Å². The molecule has 0 saturated heterocycles. The monoisotopic (exact) mass is 440 g/mol. The molecule has 4 rings (SSSR count). The van der Waals surface area contributed by atoms with Gasteiger partial charge in [-0.1, -0.05) is 65.7 Å². The van der Waals surface area contributed by atoms with E-state index in [2.05, 4.69) is 9.97 Å². The molecule has 3 aromatic carbocycles. The topological polar surface area (TPSA) is 69.1 Å². The number of rotatable bonds is 3.